The average molecular weight is 264 g/mol. The van der Waals surface area contributed by atoms with E-state index in [1.54, 1.807) is 24.3 Å². The molecule has 0 unspecified atom stereocenters. The Hall–Kier alpha value is -2.43. The Morgan fingerprint density at radius 2 is 1.58 bits per heavy atom. The van der Waals surface area contributed by atoms with Gasteiger partial charge in [-0.05, 0) is 35.4 Å². The van der Waals surface area contributed by atoms with Crippen LogP contribution in [0, 0.1) is 11.6 Å². The number of halogens is 2. The Kier molecular flexibility index (Phi) is 3.46. The molecule has 0 bridgehead atoms. The summed E-state index contributed by atoms with van der Waals surface area (Å²) >= 11 is 0. The molecule has 0 saturated heterocycles. The van der Waals surface area contributed by atoms with Crippen molar-refractivity contribution in [3.8, 4) is 16.9 Å². The average Bonchev–Trinajstić information content (AvgIpc) is 2.37. The van der Waals surface area contributed by atoms with Gasteiger partial charge in [-0.2, -0.15) is 0 Å². The highest BCUT2D eigenvalue weighted by molar-refractivity contribution is 5.89. The second-order valence-electron chi connectivity index (χ2n) is 3.85. The van der Waals surface area contributed by atoms with Crippen molar-refractivity contribution in [1.82, 2.24) is 0 Å². The monoisotopic (exact) mass is 264 g/mol. The summed E-state index contributed by atoms with van der Waals surface area (Å²) in [5.41, 5.74) is -0.115. The van der Waals surface area contributed by atoms with Crippen LogP contribution in [0.1, 0.15) is 10.4 Å². The highest BCUT2D eigenvalue weighted by Gasteiger charge is 2.18. The fraction of sp³-hybridized carbons (Fsp3) is 0.0714. The first-order valence-electron chi connectivity index (χ1n) is 5.39. The number of carboxylic acid groups (broad SMARTS) is 1. The summed E-state index contributed by atoms with van der Waals surface area (Å²) in [7, 11) is 1.51. The summed E-state index contributed by atoms with van der Waals surface area (Å²) in [6.07, 6.45) is 0. The fourth-order valence-electron chi connectivity index (χ4n) is 1.73. The molecule has 1 N–H and O–H groups in total. The van der Waals surface area contributed by atoms with Crippen LogP contribution in [-0.2, 0) is 0 Å². The maximum atomic E-state index is 13.5. The summed E-state index contributed by atoms with van der Waals surface area (Å²) in [4.78, 5) is 10.7. The van der Waals surface area contributed by atoms with Crippen molar-refractivity contribution >= 4 is 5.97 Å². The van der Waals surface area contributed by atoms with Gasteiger partial charge in [0.05, 0.1) is 7.11 Å². The third-order valence-corrected chi connectivity index (χ3v) is 2.68. The molecule has 0 atom stereocenters. The Balaban J connectivity index is 2.48. The summed E-state index contributed by atoms with van der Waals surface area (Å²) in [5.74, 6) is -3.21. The number of ether oxygens (including phenoxy) is 1. The molecule has 98 valence electrons. The predicted molar refractivity (Wildman–Crippen MR) is 65.3 cm³/mol. The minimum absolute atomic E-state index is 0.266. The lowest BCUT2D eigenvalue weighted by Crippen LogP contribution is -2.04. The maximum Gasteiger partial charge on any atom is 0.341 e. The van der Waals surface area contributed by atoms with Gasteiger partial charge in [-0.1, -0.05) is 12.1 Å². The summed E-state index contributed by atoms with van der Waals surface area (Å²) in [6, 6.07) is 8.55. The van der Waals surface area contributed by atoms with Gasteiger partial charge in [-0.25, -0.2) is 13.6 Å². The Labute approximate surface area is 108 Å². The quantitative estimate of drug-likeness (QED) is 0.924. The number of methoxy groups -OCH3 is 1. The van der Waals surface area contributed by atoms with Crippen LogP contribution in [0.5, 0.6) is 5.75 Å². The molecule has 0 aliphatic heterocycles. The van der Waals surface area contributed by atoms with Gasteiger partial charge in [-0.3, -0.25) is 0 Å². The largest absolute Gasteiger partial charge is 0.497 e. The molecule has 0 heterocycles. The zero-order valence-corrected chi connectivity index (χ0v) is 9.98. The van der Waals surface area contributed by atoms with Gasteiger partial charge in [-0.15, -0.1) is 0 Å². The van der Waals surface area contributed by atoms with E-state index in [0.717, 1.165) is 12.1 Å². The molecule has 0 fully saturated rings. The van der Waals surface area contributed by atoms with Gasteiger partial charge in [0, 0.05) is 0 Å². The van der Waals surface area contributed by atoms with Crippen LogP contribution in [0.15, 0.2) is 36.4 Å². The van der Waals surface area contributed by atoms with Crippen LogP contribution in [-0.4, -0.2) is 18.2 Å². The molecule has 0 aliphatic rings. The molecule has 2 aromatic carbocycles. The molecule has 0 radical (unpaired) electrons. The normalized spacial score (nSPS) is 10.3. The molecule has 19 heavy (non-hydrogen) atoms. The van der Waals surface area contributed by atoms with Crippen LogP contribution in [0.4, 0.5) is 8.78 Å². The van der Waals surface area contributed by atoms with E-state index in [1.165, 1.54) is 7.11 Å². The van der Waals surface area contributed by atoms with Gasteiger partial charge >= 0.3 is 5.97 Å². The fourth-order valence-corrected chi connectivity index (χ4v) is 1.73. The van der Waals surface area contributed by atoms with Crippen molar-refractivity contribution in [3.63, 3.8) is 0 Å². The Bertz CT molecular complexity index is 598. The number of hydrogen-bond donors (Lipinski definition) is 1. The molecule has 0 saturated carbocycles. The third kappa shape index (κ3) is 2.54. The Morgan fingerprint density at radius 1 is 1.05 bits per heavy atom. The minimum atomic E-state index is -1.63. The van der Waals surface area contributed by atoms with Crippen LogP contribution >= 0.6 is 0 Å². The predicted octanol–water partition coefficient (Wildman–Crippen LogP) is 3.34. The van der Waals surface area contributed by atoms with Gasteiger partial charge in [0.1, 0.15) is 22.9 Å². The molecular formula is C14H10F2O3. The highest BCUT2D eigenvalue weighted by Crippen LogP contribution is 2.26. The second-order valence-corrected chi connectivity index (χ2v) is 3.85. The third-order valence-electron chi connectivity index (χ3n) is 2.68. The first kappa shape index (κ1) is 13.0. The Morgan fingerprint density at radius 3 is 2.00 bits per heavy atom. The topological polar surface area (TPSA) is 46.5 Å². The number of benzene rings is 2. The standard InChI is InChI=1S/C14H10F2O3/c1-19-10-4-2-8(3-5-10)9-6-11(15)13(14(17)18)12(16)7-9/h2-7H,1H3,(H,17,18). The second kappa shape index (κ2) is 5.06. The zero-order valence-electron chi connectivity index (χ0n) is 9.98. The van der Waals surface area contributed by atoms with E-state index in [-0.39, 0.29) is 5.56 Å². The molecule has 0 aliphatic carbocycles. The van der Waals surface area contributed by atoms with Crippen molar-refractivity contribution < 1.29 is 23.4 Å². The van der Waals surface area contributed by atoms with E-state index in [2.05, 4.69) is 0 Å². The van der Waals surface area contributed by atoms with E-state index >= 15 is 0 Å². The summed E-state index contributed by atoms with van der Waals surface area (Å²) in [5, 5.41) is 8.68. The lowest BCUT2D eigenvalue weighted by molar-refractivity contribution is 0.0686. The molecule has 5 heteroatoms. The minimum Gasteiger partial charge on any atom is -0.497 e. The number of rotatable bonds is 3. The van der Waals surface area contributed by atoms with Crippen molar-refractivity contribution in [2.24, 2.45) is 0 Å². The number of carbonyl (C=O) groups is 1. The van der Waals surface area contributed by atoms with Crippen LogP contribution in [0.25, 0.3) is 11.1 Å². The number of aromatic carboxylic acids is 1. The van der Waals surface area contributed by atoms with Gasteiger partial charge < -0.3 is 9.84 Å². The summed E-state index contributed by atoms with van der Waals surface area (Å²) in [6.45, 7) is 0. The van der Waals surface area contributed by atoms with Crippen molar-refractivity contribution in [2.45, 2.75) is 0 Å². The maximum absolute atomic E-state index is 13.5. The first-order valence-corrected chi connectivity index (χ1v) is 5.39. The lowest BCUT2D eigenvalue weighted by Gasteiger charge is -2.06. The van der Waals surface area contributed by atoms with E-state index in [1.807, 2.05) is 0 Å². The van der Waals surface area contributed by atoms with Crippen LogP contribution in [0.2, 0.25) is 0 Å². The first-order chi connectivity index (χ1) is 9.02. The molecular weight excluding hydrogens is 254 g/mol. The molecule has 2 aromatic rings. The van der Waals surface area contributed by atoms with Crippen LogP contribution in [0.3, 0.4) is 0 Å². The number of carboxylic acids is 1. The van der Waals surface area contributed by atoms with E-state index in [9.17, 15) is 13.6 Å². The zero-order chi connectivity index (χ0) is 14.0. The molecule has 3 nitrogen and oxygen atoms in total. The van der Waals surface area contributed by atoms with E-state index in [4.69, 9.17) is 9.84 Å². The molecule has 0 amide bonds. The van der Waals surface area contributed by atoms with Crippen molar-refractivity contribution in [3.05, 3.63) is 53.6 Å². The van der Waals surface area contributed by atoms with Gasteiger partial charge in [0.2, 0.25) is 0 Å². The molecule has 2 rings (SSSR count). The van der Waals surface area contributed by atoms with Gasteiger partial charge in [0.15, 0.2) is 0 Å². The highest BCUT2D eigenvalue weighted by atomic mass is 19.1. The smallest absolute Gasteiger partial charge is 0.341 e. The molecule has 0 spiro atoms. The molecule has 0 aromatic heterocycles. The summed E-state index contributed by atoms with van der Waals surface area (Å²) < 4.78 is 32.1. The van der Waals surface area contributed by atoms with Crippen molar-refractivity contribution in [1.29, 1.82) is 0 Å². The SMILES string of the molecule is COc1ccc(-c2cc(F)c(C(=O)O)c(F)c2)cc1. The van der Waals surface area contributed by atoms with Gasteiger partial charge in [0.25, 0.3) is 0 Å². The number of hydrogen-bond acceptors (Lipinski definition) is 2. The van der Waals surface area contributed by atoms with E-state index < -0.39 is 23.2 Å². The van der Waals surface area contributed by atoms with Crippen LogP contribution < -0.4 is 4.74 Å². The van der Waals surface area contributed by atoms with Crippen molar-refractivity contribution in [2.75, 3.05) is 7.11 Å². The lowest BCUT2D eigenvalue weighted by atomic mass is 10.0. The van der Waals surface area contributed by atoms with E-state index in [0.29, 0.717) is 11.3 Å².